The van der Waals surface area contributed by atoms with E-state index in [1.54, 1.807) is 12.4 Å². The fourth-order valence-electron chi connectivity index (χ4n) is 0.806. The first kappa shape index (κ1) is 22.4. The molecule has 0 aliphatic carbocycles. The molecule has 0 saturated heterocycles. The van der Waals surface area contributed by atoms with Gasteiger partial charge in [-0.1, -0.05) is 36.4 Å². The van der Waals surface area contributed by atoms with Crippen molar-refractivity contribution in [3.63, 3.8) is 0 Å². The van der Waals surface area contributed by atoms with Crippen molar-refractivity contribution in [3.8, 4) is 0 Å². The molecule has 1 aromatic rings. The Kier molecular flexibility index (Phi) is 20.1. The maximum absolute atomic E-state index is 4.12. The Balaban J connectivity index is -0.000000244. The first-order chi connectivity index (χ1) is 7.63. The Hall–Kier alpha value is -0.817. The smallest absolute Gasteiger partial charge is 0.358 e. The molecule has 0 atom stereocenters. The monoisotopic (exact) mass is 335 g/mol. The second-order valence-electron chi connectivity index (χ2n) is 3.94. The fraction of sp³-hybridized carbons (Fsp3) is 0.400. The second-order valence-corrected chi connectivity index (χ2v) is 3.94. The Morgan fingerprint density at radius 2 is 0.889 bits per heavy atom. The molecule has 0 aromatic heterocycles. The van der Waals surface area contributed by atoms with Gasteiger partial charge in [0.15, 0.2) is 0 Å². The minimum atomic E-state index is 0. The molecule has 1 rings (SSSR count). The van der Waals surface area contributed by atoms with Crippen LogP contribution in [0.1, 0.15) is 27.7 Å². The van der Waals surface area contributed by atoms with Gasteiger partial charge in [0.05, 0.1) is 0 Å². The topological polar surface area (TPSA) is 24.7 Å². The van der Waals surface area contributed by atoms with E-state index in [1.807, 2.05) is 64.1 Å². The first-order valence-electron chi connectivity index (χ1n) is 5.68. The van der Waals surface area contributed by atoms with Gasteiger partial charge in [-0.05, 0) is 27.7 Å². The van der Waals surface area contributed by atoms with Crippen LogP contribution < -0.4 is 0 Å². The standard InChI is InChI=1S/C8H16N2.C6H6.CH3.Ru/c1-7(2)9-5-6-10-8(3)4;1-2-4-6-5-3-1;;/h5-8H,1-4H3;1-6H;1H3;/q;;-1;+1. The van der Waals surface area contributed by atoms with Gasteiger partial charge < -0.3 is 7.43 Å². The summed E-state index contributed by atoms with van der Waals surface area (Å²) in [4.78, 5) is 8.24. The predicted octanol–water partition coefficient (Wildman–Crippen LogP) is 4.08. The van der Waals surface area contributed by atoms with Crippen molar-refractivity contribution in [3.05, 3.63) is 43.8 Å². The summed E-state index contributed by atoms with van der Waals surface area (Å²) in [5.41, 5.74) is 0. The van der Waals surface area contributed by atoms with Crippen LogP contribution in [0.4, 0.5) is 0 Å². The molecule has 0 N–H and O–H groups in total. The summed E-state index contributed by atoms with van der Waals surface area (Å²) in [5.74, 6) is 0. The molecular formula is C15H25N2Ru. The third-order valence-corrected chi connectivity index (χ3v) is 1.50. The van der Waals surface area contributed by atoms with E-state index in [1.165, 1.54) is 0 Å². The van der Waals surface area contributed by atoms with Gasteiger partial charge in [0.2, 0.25) is 0 Å². The van der Waals surface area contributed by atoms with Crippen LogP contribution in [0.25, 0.3) is 0 Å². The summed E-state index contributed by atoms with van der Waals surface area (Å²) in [6.45, 7) is 8.17. The second kappa shape index (κ2) is 16.2. The summed E-state index contributed by atoms with van der Waals surface area (Å²) in [6, 6.07) is 12.7. The normalized spacial score (nSPS) is 9.89. The quantitative estimate of drug-likeness (QED) is 0.452. The van der Waals surface area contributed by atoms with Crippen LogP contribution in [0.3, 0.4) is 0 Å². The minimum Gasteiger partial charge on any atom is -0.358 e. The van der Waals surface area contributed by atoms with E-state index in [9.17, 15) is 0 Å². The van der Waals surface area contributed by atoms with Gasteiger partial charge in [-0.2, -0.15) is 0 Å². The summed E-state index contributed by atoms with van der Waals surface area (Å²) < 4.78 is 0. The van der Waals surface area contributed by atoms with Crippen LogP contribution >= 0.6 is 0 Å². The van der Waals surface area contributed by atoms with E-state index < -0.39 is 0 Å². The molecule has 0 spiro atoms. The van der Waals surface area contributed by atoms with Crippen molar-refractivity contribution in [2.45, 2.75) is 39.8 Å². The average molecular weight is 334 g/mol. The van der Waals surface area contributed by atoms with Gasteiger partial charge in [-0.15, -0.1) is 0 Å². The molecule has 0 unspecified atom stereocenters. The van der Waals surface area contributed by atoms with Crippen LogP contribution in [0.15, 0.2) is 46.4 Å². The van der Waals surface area contributed by atoms with E-state index in [4.69, 9.17) is 0 Å². The molecule has 3 heteroatoms. The van der Waals surface area contributed by atoms with Crippen molar-refractivity contribution >= 4 is 12.4 Å². The van der Waals surface area contributed by atoms with Gasteiger partial charge in [0.1, 0.15) is 0 Å². The van der Waals surface area contributed by atoms with E-state index >= 15 is 0 Å². The van der Waals surface area contributed by atoms with E-state index in [2.05, 4.69) is 9.98 Å². The predicted molar refractivity (Wildman–Crippen MR) is 80.1 cm³/mol. The van der Waals surface area contributed by atoms with E-state index in [-0.39, 0.29) is 26.9 Å². The molecule has 0 bridgehead atoms. The first-order valence-corrected chi connectivity index (χ1v) is 5.68. The summed E-state index contributed by atoms with van der Waals surface area (Å²) >= 11 is 0. The zero-order valence-corrected chi connectivity index (χ0v) is 13.8. The van der Waals surface area contributed by atoms with Gasteiger partial charge in [0, 0.05) is 24.5 Å². The van der Waals surface area contributed by atoms with Gasteiger partial charge >= 0.3 is 19.5 Å². The zero-order valence-electron chi connectivity index (χ0n) is 12.0. The molecule has 1 aromatic carbocycles. The average Bonchev–Trinajstić information content (AvgIpc) is 2.27. The number of benzene rings is 1. The van der Waals surface area contributed by atoms with Crippen LogP contribution in [0, 0.1) is 7.43 Å². The molecule has 18 heavy (non-hydrogen) atoms. The molecule has 0 amide bonds. The summed E-state index contributed by atoms with van der Waals surface area (Å²) in [6.07, 6.45) is 3.51. The number of nitrogens with zero attached hydrogens (tertiary/aromatic N) is 2. The molecule has 0 aliphatic heterocycles. The number of hydrogen-bond acceptors (Lipinski definition) is 2. The summed E-state index contributed by atoms with van der Waals surface area (Å²) in [7, 11) is 0. The molecule has 103 valence electrons. The van der Waals surface area contributed by atoms with Crippen molar-refractivity contribution < 1.29 is 19.5 Å². The van der Waals surface area contributed by atoms with Crippen molar-refractivity contribution in [1.82, 2.24) is 0 Å². The van der Waals surface area contributed by atoms with Crippen LogP contribution in [0.5, 0.6) is 0 Å². The molecule has 0 saturated carbocycles. The number of hydrogen-bond donors (Lipinski definition) is 0. The Morgan fingerprint density at radius 3 is 1.06 bits per heavy atom. The molecular weight excluding hydrogens is 309 g/mol. The Morgan fingerprint density at radius 1 is 0.667 bits per heavy atom. The molecule has 0 aliphatic rings. The largest absolute Gasteiger partial charge is 1.00 e. The van der Waals surface area contributed by atoms with Gasteiger partial charge in [-0.3, -0.25) is 9.98 Å². The fourth-order valence-corrected chi connectivity index (χ4v) is 0.806. The molecule has 1 radical (unpaired) electrons. The van der Waals surface area contributed by atoms with Crippen LogP contribution in [-0.2, 0) is 19.5 Å². The molecule has 2 nitrogen and oxygen atoms in total. The minimum absolute atomic E-state index is 0. The van der Waals surface area contributed by atoms with Crippen molar-refractivity contribution in [2.75, 3.05) is 0 Å². The zero-order chi connectivity index (χ0) is 12.2. The van der Waals surface area contributed by atoms with E-state index in [0.29, 0.717) is 12.1 Å². The van der Waals surface area contributed by atoms with Gasteiger partial charge in [-0.25, -0.2) is 0 Å². The van der Waals surface area contributed by atoms with Crippen LogP contribution in [-0.4, -0.2) is 24.5 Å². The Bertz CT molecular complexity index is 250. The maximum atomic E-state index is 4.12. The number of aliphatic imine (C=N–C) groups is 2. The Labute approximate surface area is 125 Å². The summed E-state index contributed by atoms with van der Waals surface area (Å²) in [5, 5.41) is 0. The molecule has 0 fully saturated rings. The number of rotatable bonds is 3. The molecule has 0 heterocycles. The third-order valence-electron chi connectivity index (χ3n) is 1.50. The van der Waals surface area contributed by atoms with Gasteiger partial charge in [0.25, 0.3) is 0 Å². The SMILES string of the molecule is CC(C)N=CC=NC(C)C.[CH3-].[Ru+].c1ccccc1. The van der Waals surface area contributed by atoms with Crippen molar-refractivity contribution in [2.24, 2.45) is 9.98 Å². The third kappa shape index (κ3) is 20.6. The maximum Gasteiger partial charge on any atom is 1.00 e. The van der Waals surface area contributed by atoms with Crippen LogP contribution in [0.2, 0.25) is 0 Å². The van der Waals surface area contributed by atoms with E-state index in [0.717, 1.165) is 0 Å². The van der Waals surface area contributed by atoms with Crippen molar-refractivity contribution in [1.29, 1.82) is 0 Å².